The Bertz CT molecular complexity index is 1780. The summed E-state index contributed by atoms with van der Waals surface area (Å²) in [5.41, 5.74) is 1.20. The highest BCUT2D eigenvalue weighted by atomic mass is 35.5. The molecule has 2 amide bonds. The van der Waals surface area contributed by atoms with Crippen LogP contribution in [0.15, 0.2) is 108 Å². The SMILES string of the molecule is CCOc1ccc(N(CC(=O)N(Cc2cccc(OC)c2)C(Cc2ccccc2)C(=O)NC(C)(C)C)S(=O)(=O)c2ccc(Cl)cc2)cc1. The van der Waals surface area contributed by atoms with E-state index in [0.29, 0.717) is 28.7 Å². The van der Waals surface area contributed by atoms with Crippen LogP contribution < -0.4 is 19.1 Å². The molecule has 48 heavy (non-hydrogen) atoms. The Morgan fingerprint density at radius 3 is 2.10 bits per heavy atom. The molecule has 1 atom stereocenters. The first-order valence-corrected chi connectivity index (χ1v) is 17.4. The Balaban J connectivity index is 1.83. The van der Waals surface area contributed by atoms with E-state index in [-0.39, 0.29) is 29.5 Å². The van der Waals surface area contributed by atoms with Gasteiger partial charge in [-0.2, -0.15) is 0 Å². The van der Waals surface area contributed by atoms with Crippen LogP contribution in [0.5, 0.6) is 11.5 Å². The number of anilines is 1. The fraction of sp³-hybridized carbons (Fsp3) is 0.297. The van der Waals surface area contributed by atoms with E-state index >= 15 is 0 Å². The molecule has 0 aliphatic heterocycles. The van der Waals surface area contributed by atoms with Crippen molar-refractivity contribution in [2.75, 3.05) is 24.6 Å². The third-order valence-electron chi connectivity index (χ3n) is 7.37. The lowest BCUT2D eigenvalue weighted by molar-refractivity contribution is -0.140. The number of halogens is 1. The number of hydrogen-bond acceptors (Lipinski definition) is 6. The van der Waals surface area contributed by atoms with Gasteiger partial charge in [0.2, 0.25) is 11.8 Å². The van der Waals surface area contributed by atoms with Crippen LogP contribution in [0.3, 0.4) is 0 Å². The lowest BCUT2D eigenvalue weighted by Gasteiger charge is -2.35. The third-order valence-corrected chi connectivity index (χ3v) is 9.41. The summed E-state index contributed by atoms with van der Waals surface area (Å²) in [7, 11) is -2.73. The normalized spacial score (nSPS) is 12.1. The van der Waals surface area contributed by atoms with Crippen LogP contribution in [0.4, 0.5) is 5.69 Å². The van der Waals surface area contributed by atoms with E-state index in [4.69, 9.17) is 21.1 Å². The minimum absolute atomic E-state index is 0.0171. The Morgan fingerprint density at radius 1 is 0.854 bits per heavy atom. The topological polar surface area (TPSA) is 105 Å². The largest absolute Gasteiger partial charge is 0.497 e. The molecule has 0 aliphatic rings. The van der Waals surface area contributed by atoms with Crippen molar-refractivity contribution in [3.63, 3.8) is 0 Å². The average molecular weight is 692 g/mol. The monoisotopic (exact) mass is 691 g/mol. The van der Waals surface area contributed by atoms with Gasteiger partial charge in [-0.1, -0.05) is 54.1 Å². The highest BCUT2D eigenvalue weighted by molar-refractivity contribution is 7.92. The quantitative estimate of drug-likeness (QED) is 0.162. The average Bonchev–Trinajstić information content (AvgIpc) is 3.05. The summed E-state index contributed by atoms with van der Waals surface area (Å²) in [5.74, 6) is 0.197. The van der Waals surface area contributed by atoms with Gasteiger partial charge in [-0.05, 0) is 99.5 Å². The van der Waals surface area contributed by atoms with Crippen molar-refractivity contribution in [2.45, 2.75) is 57.1 Å². The summed E-state index contributed by atoms with van der Waals surface area (Å²) in [4.78, 5) is 30.1. The van der Waals surface area contributed by atoms with Crippen LogP contribution in [0.25, 0.3) is 0 Å². The van der Waals surface area contributed by atoms with Gasteiger partial charge in [0.25, 0.3) is 10.0 Å². The summed E-state index contributed by atoms with van der Waals surface area (Å²) < 4.78 is 40.5. The first kappa shape index (κ1) is 36.3. The second kappa shape index (κ2) is 16.0. The Hall–Kier alpha value is -4.54. The lowest BCUT2D eigenvalue weighted by atomic mass is 10.0. The molecule has 11 heteroatoms. The van der Waals surface area contributed by atoms with E-state index in [0.717, 1.165) is 9.87 Å². The van der Waals surface area contributed by atoms with Gasteiger partial charge in [-0.15, -0.1) is 0 Å². The zero-order chi connectivity index (χ0) is 34.9. The van der Waals surface area contributed by atoms with Crippen molar-refractivity contribution in [2.24, 2.45) is 0 Å². The first-order chi connectivity index (χ1) is 22.8. The van der Waals surface area contributed by atoms with Gasteiger partial charge < -0.3 is 19.7 Å². The highest BCUT2D eigenvalue weighted by Crippen LogP contribution is 2.28. The second-order valence-electron chi connectivity index (χ2n) is 12.2. The summed E-state index contributed by atoms with van der Waals surface area (Å²) in [6, 6.07) is 27.9. The van der Waals surface area contributed by atoms with Crippen molar-refractivity contribution < 1.29 is 27.5 Å². The van der Waals surface area contributed by atoms with E-state index in [1.807, 2.05) is 64.1 Å². The fourth-order valence-corrected chi connectivity index (χ4v) is 6.65. The van der Waals surface area contributed by atoms with Crippen molar-refractivity contribution in [1.82, 2.24) is 10.2 Å². The number of carbonyl (C=O) groups excluding carboxylic acids is 2. The van der Waals surface area contributed by atoms with Crippen molar-refractivity contribution in [3.8, 4) is 11.5 Å². The van der Waals surface area contributed by atoms with Crippen molar-refractivity contribution in [1.29, 1.82) is 0 Å². The standard InChI is InChI=1S/C37H42ClN3O6S/c1-6-47-31-19-17-30(18-20-31)41(48(44,45)33-21-15-29(38)16-22-33)26-35(42)40(25-28-13-10-14-32(23-28)46-5)34(36(43)39-37(2,3)4)24-27-11-8-7-9-12-27/h7-23,34H,6,24-26H2,1-5H3,(H,39,43). The second-order valence-corrected chi connectivity index (χ2v) is 14.5. The van der Waals surface area contributed by atoms with Gasteiger partial charge >= 0.3 is 0 Å². The molecular formula is C37H42ClN3O6S. The molecule has 4 rings (SSSR count). The van der Waals surface area contributed by atoms with Crippen LogP contribution in [-0.2, 0) is 32.6 Å². The minimum Gasteiger partial charge on any atom is -0.497 e. The maximum Gasteiger partial charge on any atom is 0.264 e. The molecule has 0 radical (unpaired) electrons. The number of amides is 2. The lowest BCUT2D eigenvalue weighted by Crippen LogP contribution is -2.56. The summed E-state index contributed by atoms with van der Waals surface area (Å²) in [6.07, 6.45) is 0.200. The van der Waals surface area contributed by atoms with Crippen LogP contribution in [0, 0.1) is 0 Å². The Kier molecular flexibility index (Phi) is 12.1. The number of ether oxygens (including phenoxy) is 2. The molecule has 0 bridgehead atoms. The van der Waals surface area contributed by atoms with E-state index < -0.39 is 34.1 Å². The maximum atomic E-state index is 14.7. The molecule has 0 fully saturated rings. The number of nitrogens with one attached hydrogen (secondary N) is 1. The van der Waals surface area contributed by atoms with Gasteiger partial charge in [0, 0.05) is 23.5 Å². The Morgan fingerprint density at radius 2 is 1.50 bits per heavy atom. The third kappa shape index (κ3) is 9.74. The van der Waals surface area contributed by atoms with Crippen molar-refractivity contribution >= 4 is 39.1 Å². The Labute approximate surface area is 288 Å². The molecule has 0 heterocycles. The molecule has 9 nitrogen and oxygen atoms in total. The van der Waals surface area contributed by atoms with Gasteiger partial charge in [-0.3, -0.25) is 13.9 Å². The van der Waals surface area contributed by atoms with E-state index in [1.165, 1.54) is 29.2 Å². The number of methoxy groups -OCH3 is 1. The molecule has 1 unspecified atom stereocenters. The zero-order valence-electron chi connectivity index (χ0n) is 27.9. The minimum atomic E-state index is -4.28. The number of rotatable bonds is 14. The molecule has 0 aliphatic carbocycles. The van der Waals surface area contributed by atoms with E-state index in [1.54, 1.807) is 49.6 Å². The van der Waals surface area contributed by atoms with E-state index in [9.17, 15) is 18.0 Å². The molecule has 1 N–H and O–H groups in total. The van der Waals surface area contributed by atoms with Gasteiger partial charge in [0.05, 0.1) is 24.3 Å². The van der Waals surface area contributed by atoms with Gasteiger partial charge in [0.15, 0.2) is 0 Å². The molecule has 254 valence electrons. The molecular weight excluding hydrogens is 650 g/mol. The predicted octanol–water partition coefficient (Wildman–Crippen LogP) is 6.50. The van der Waals surface area contributed by atoms with Gasteiger partial charge in [0.1, 0.15) is 24.1 Å². The number of benzene rings is 4. The van der Waals surface area contributed by atoms with Crippen molar-refractivity contribution in [3.05, 3.63) is 119 Å². The zero-order valence-corrected chi connectivity index (χ0v) is 29.4. The molecule has 0 saturated carbocycles. The number of nitrogens with zero attached hydrogens (tertiary/aromatic N) is 2. The van der Waals surface area contributed by atoms with Crippen LogP contribution >= 0.6 is 11.6 Å². The molecule has 4 aromatic rings. The summed E-state index contributed by atoms with van der Waals surface area (Å²) in [5, 5.41) is 3.40. The van der Waals surface area contributed by atoms with Crippen LogP contribution in [-0.4, -0.2) is 57.0 Å². The molecule has 4 aromatic carbocycles. The molecule has 0 spiro atoms. The molecule has 0 aromatic heterocycles. The first-order valence-electron chi connectivity index (χ1n) is 15.6. The number of sulfonamides is 1. The van der Waals surface area contributed by atoms with E-state index in [2.05, 4.69) is 5.32 Å². The van der Waals surface area contributed by atoms with Crippen LogP contribution in [0.1, 0.15) is 38.8 Å². The van der Waals surface area contributed by atoms with Crippen LogP contribution in [0.2, 0.25) is 5.02 Å². The smallest absolute Gasteiger partial charge is 0.264 e. The number of hydrogen-bond donors (Lipinski definition) is 1. The summed E-state index contributed by atoms with van der Waals surface area (Å²) in [6.45, 7) is 7.31. The van der Waals surface area contributed by atoms with Gasteiger partial charge in [-0.25, -0.2) is 8.42 Å². The summed E-state index contributed by atoms with van der Waals surface area (Å²) >= 11 is 6.08. The fourth-order valence-electron chi connectivity index (χ4n) is 5.11. The highest BCUT2D eigenvalue weighted by Gasteiger charge is 2.35. The predicted molar refractivity (Wildman–Crippen MR) is 189 cm³/mol. The molecule has 0 saturated heterocycles. The number of carbonyl (C=O) groups is 2. The maximum absolute atomic E-state index is 14.7.